The number of aromatic nitrogens is 4. The Morgan fingerprint density at radius 1 is 0.263 bits per heavy atom. The van der Waals surface area contributed by atoms with Crippen molar-refractivity contribution in [3.63, 3.8) is 0 Å². The van der Waals surface area contributed by atoms with Crippen molar-refractivity contribution in [1.82, 2.24) is 19.9 Å². The molecule has 0 unspecified atom stereocenters. The lowest BCUT2D eigenvalue weighted by Gasteiger charge is -2.21. The normalized spacial score (nSPS) is 15.7. The second-order valence-corrected chi connectivity index (χ2v) is 18.1. The summed E-state index contributed by atoms with van der Waals surface area (Å²) < 4.78 is 97.4. The molecule has 0 amide bonds. The van der Waals surface area contributed by atoms with Gasteiger partial charge in [0.15, 0.2) is 46.0 Å². The molecule has 20 nitrogen and oxygen atoms in total. The van der Waals surface area contributed by atoms with Crippen molar-refractivity contribution in [2.75, 3.05) is 114 Å². The molecule has 7 aromatic rings. The summed E-state index contributed by atoms with van der Waals surface area (Å²) in [5, 5.41) is 0. The van der Waals surface area contributed by atoms with Crippen molar-refractivity contribution in [3.05, 3.63) is 95.6 Å². The summed E-state index contributed by atoms with van der Waals surface area (Å²) in [6.07, 6.45) is -3.35. The fourth-order valence-corrected chi connectivity index (χ4v) is 10.9. The van der Waals surface area contributed by atoms with Crippen molar-refractivity contribution >= 4 is 22.1 Å². The number of aromatic amines is 2. The Bertz CT molecular complexity index is 3050. The Morgan fingerprint density at radius 3 is 0.575 bits per heavy atom. The van der Waals surface area contributed by atoms with Gasteiger partial charge in [0.05, 0.1) is 108 Å². The van der Waals surface area contributed by atoms with Crippen LogP contribution in [0.4, 0.5) is 0 Å². The molecule has 80 heavy (non-hydrogen) atoms. The highest BCUT2D eigenvalue weighted by Crippen LogP contribution is 2.54. The first-order valence-electron chi connectivity index (χ1n) is 25.1. The van der Waals surface area contributed by atoms with Crippen LogP contribution in [0.15, 0.2) is 72.8 Å². The number of nitrogens with zero attached hydrogens (tertiary/aromatic N) is 2. The minimum Gasteiger partial charge on any atom is -0.493 e. The molecule has 0 aliphatic carbocycles. The van der Waals surface area contributed by atoms with E-state index < -0.39 is 24.4 Å². The van der Waals surface area contributed by atoms with Crippen LogP contribution in [-0.4, -0.2) is 134 Å². The molecule has 8 bridgehead atoms. The molecule has 0 radical (unpaired) electrons. The van der Waals surface area contributed by atoms with E-state index in [-0.39, 0.29) is 0 Å². The summed E-state index contributed by atoms with van der Waals surface area (Å²) in [4.78, 5) is 18.9. The lowest BCUT2D eigenvalue weighted by Crippen LogP contribution is -2.11. The van der Waals surface area contributed by atoms with E-state index in [0.29, 0.717) is 158 Å². The third-order valence-electron chi connectivity index (χ3n) is 14.4. The molecule has 0 saturated carbocycles. The maximum Gasteiger partial charge on any atom is 0.203 e. The summed E-state index contributed by atoms with van der Waals surface area (Å²) in [5.74, 6) is 4.78. The van der Waals surface area contributed by atoms with Gasteiger partial charge in [-0.25, -0.2) is 0 Å². The van der Waals surface area contributed by atoms with Crippen LogP contribution in [0.1, 0.15) is 47.2 Å². The minimum absolute atomic E-state index is 0.393. The number of nitrogens with one attached hydrogen (secondary N) is 2. The molecule has 2 aliphatic rings. The molecule has 0 fully saturated rings. The molecule has 422 valence electrons. The molecule has 0 spiro atoms. The summed E-state index contributed by atoms with van der Waals surface area (Å²) in [5.41, 5.74) is 9.28. The molecular weight excluding hydrogens is 1030 g/mol. The molecule has 0 saturated heterocycles. The van der Waals surface area contributed by atoms with Crippen molar-refractivity contribution in [2.24, 2.45) is 0 Å². The number of H-pyrrole nitrogens is 2. The largest absolute Gasteiger partial charge is 0.493 e. The SMILES string of the molecule is COc1cc(-c2c3nc(c(-c4cc(OC)c(OC)c(OC)c4)c4ccc([nH]4)c(-c4cc(OC)c(OC)c(OC)c4)c4nc(c(-c5cc(OC)c(OC)c(OC)c5)c5ccc2[nH]5)[C@H](OC)[C@@H]4OC)[C@H](OC)[C@@H]3OC)cc(OC)c1OC. The fraction of sp³-hybridized carbons (Fsp3) is 0.333. The Balaban J connectivity index is 1.62. The highest BCUT2D eigenvalue weighted by atomic mass is 16.6. The second-order valence-electron chi connectivity index (χ2n) is 18.1. The smallest absolute Gasteiger partial charge is 0.203 e. The van der Waals surface area contributed by atoms with Gasteiger partial charge < -0.3 is 85.8 Å². The van der Waals surface area contributed by atoms with Gasteiger partial charge in [0.2, 0.25) is 23.0 Å². The third kappa shape index (κ3) is 9.46. The molecule has 9 rings (SSSR count). The Kier molecular flexibility index (Phi) is 16.7. The lowest BCUT2D eigenvalue weighted by atomic mass is 9.96. The van der Waals surface area contributed by atoms with Crippen LogP contribution in [0.2, 0.25) is 0 Å². The number of benzene rings is 4. The first-order chi connectivity index (χ1) is 38.9. The van der Waals surface area contributed by atoms with E-state index in [1.807, 2.05) is 72.8 Å². The molecule has 4 atom stereocenters. The number of methoxy groups -OCH3 is 16. The average Bonchev–Trinajstić information content (AvgIpc) is 4.50. The van der Waals surface area contributed by atoms with Crippen molar-refractivity contribution in [2.45, 2.75) is 24.4 Å². The maximum atomic E-state index is 6.54. The summed E-state index contributed by atoms with van der Waals surface area (Å²) in [6.45, 7) is 0. The predicted molar refractivity (Wildman–Crippen MR) is 300 cm³/mol. The van der Waals surface area contributed by atoms with Gasteiger partial charge in [-0.2, -0.15) is 0 Å². The number of rotatable bonds is 20. The van der Waals surface area contributed by atoms with Gasteiger partial charge >= 0.3 is 0 Å². The van der Waals surface area contributed by atoms with Gasteiger partial charge in [0.25, 0.3) is 0 Å². The van der Waals surface area contributed by atoms with Gasteiger partial charge in [-0.1, -0.05) is 0 Å². The average molecular weight is 1100 g/mol. The Labute approximate surface area is 463 Å². The van der Waals surface area contributed by atoms with Crippen molar-refractivity contribution < 1.29 is 75.8 Å². The van der Waals surface area contributed by atoms with Gasteiger partial charge in [-0.3, -0.25) is 9.97 Å². The Morgan fingerprint density at radius 2 is 0.438 bits per heavy atom. The fourth-order valence-electron chi connectivity index (χ4n) is 10.9. The van der Waals surface area contributed by atoms with Crippen LogP contribution in [0, 0.1) is 0 Å². The van der Waals surface area contributed by atoms with Crippen LogP contribution in [-0.2, 0) is 18.9 Å². The third-order valence-corrected chi connectivity index (χ3v) is 14.4. The van der Waals surface area contributed by atoms with Gasteiger partial charge in [-0.05, 0) is 95.1 Å². The van der Waals surface area contributed by atoms with Gasteiger partial charge in [-0.15, -0.1) is 0 Å². The molecular formula is C60H66N4O16. The summed E-state index contributed by atoms with van der Waals surface area (Å²) in [6, 6.07) is 22.8. The Hall–Kier alpha value is -8.56. The molecule has 2 aliphatic heterocycles. The quantitative estimate of drug-likeness (QED) is 0.0728. The topological polar surface area (TPSA) is 205 Å². The summed E-state index contributed by atoms with van der Waals surface area (Å²) in [7, 11) is 25.2. The molecule has 5 heterocycles. The molecule has 4 aromatic carbocycles. The van der Waals surface area contributed by atoms with E-state index in [4.69, 9.17) is 85.8 Å². The van der Waals surface area contributed by atoms with E-state index in [0.717, 1.165) is 0 Å². The maximum absolute atomic E-state index is 6.54. The van der Waals surface area contributed by atoms with Crippen LogP contribution >= 0.6 is 0 Å². The number of fused-ring (bicyclic) bond motifs is 8. The lowest BCUT2D eigenvalue weighted by molar-refractivity contribution is -0.0325. The van der Waals surface area contributed by atoms with Gasteiger partial charge in [0.1, 0.15) is 24.4 Å². The monoisotopic (exact) mass is 1100 g/mol. The van der Waals surface area contributed by atoms with Gasteiger partial charge in [0, 0.05) is 72.8 Å². The van der Waals surface area contributed by atoms with Crippen LogP contribution in [0.3, 0.4) is 0 Å². The molecule has 3 aromatic heterocycles. The first kappa shape index (κ1) is 56.2. The van der Waals surface area contributed by atoms with E-state index in [1.54, 1.807) is 114 Å². The zero-order valence-electron chi connectivity index (χ0n) is 47.7. The number of ether oxygens (including phenoxy) is 16. The van der Waals surface area contributed by atoms with Crippen molar-refractivity contribution in [1.29, 1.82) is 0 Å². The minimum atomic E-state index is -0.839. The highest BCUT2D eigenvalue weighted by molar-refractivity contribution is 5.94. The highest BCUT2D eigenvalue weighted by Gasteiger charge is 2.41. The predicted octanol–water partition coefficient (Wildman–Crippen LogP) is 11.2. The molecule has 2 N–H and O–H groups in total. The van der Waals surface area contributed by atoms with E-state index in [2.05, 4.69) is 9.97 Å². The van der Waals surface area contributed by atoms with Crippen LogP contribution in [0.5, 0.6) is 69.0 Å². The standard InChI is InChI=1S/C60H66N4O16/c1-65-37-21-29(22-38(66-2)53(37)73-9)45-33-17-18-34(61-33)46(30-23-39(67-3)54(74-10)40(24-30)68-4)51-59(79-15)60(80-16)52(64-51)48(32-27-43(71-7)56(76-12)44(28-32)72-8)36-20-19-35(62-36)47(50-58(78-14)57(77-13)49(45)63-50)31-25-41(69-5)55(75-11)42(26-31)70-6/h17-28,57-62H,1-16H3/t57-,58+,59+,60-. The van der Waals surface area contributed by atoms with E-state index in [9.17, 15) is 0 Å². The number of hydrogen-bond donors (Lipinski definition) is 2. The van der Waals surface area contributed by atoms with E-state index in [1.165, 1.54) is 0 Å². The van der Waals surface area contributed by atoms with E-state index >= 15 is 0 Å². The second kappa shape index (κ2) is 23.8. The zero-order chi connectivity index (χ0) is 57.1. The zero-order valence-corrected chi connectivity index (χ0v) is 47.7. The molecule has 20 heteroatoms. The summed E-state index contributed by atoms with van der Waals surface area (Å²) >= 11 is 0. The van der Waals surface area contributed by atoms with Crippen molar-refractivity contribution in [3.8, 4) is 114 Å². The van der Waals surface area contributed by atoms with Crippen LogP contribution < -0.4 is 56.8 Å². The number of hydrogen-bond acceptors (Lipinski definition) is 18. The van der Waals surface area contributed by atoms with Crippen LogP contribution in [0.25, 0.3) is 66.6 Å². The first-order valence-corrected chi connectivity index (χ1v) is 25.1.